The van der Waals surface area contributed by atoms with Crippen LogP contribution < -0.4 is 15.4 Å². The van der Waals surface area contributed by atoms with Crippen LogP contribution in [0.4, 0.5) is 5.82 Å². The Morgan fingerprint density at radius 3 is 2.61 bits per heavy atom. The number of anilines is 1. The summed E-state index contributed by atoms with van der Waals surface area (Å²) in [5.74, 6) is 1.85. The van der Waals surface area contributed by atoms with Gasteiger partial charge in [0, 0.05) is 13.1 Å². The number of nitrogens with zero attached hydrogens (tertiary/aromatic N) is 3. The molecule has 1 aromatic heterocycles. The van der Waals surface area contributed by atoms with Crippen LogP contribution in [0.5, 0.6) is 5.88 Å². The quantitative estimate of drug-likeness (QED) is 0.800. The molecule has 0 radical (unpaired) electrons. The van der Waals surface area contributed by atoms with E-state index in [1.54, 1.807) is 12.4 Å². The summed E-state index contributed by atoms with van der Waals surface area (Å²) >= 11 is 0. The largest absolute Gasteiger partial charge is 0.474 e. The summed E-state index contributed by atoms with van der Waals surface area (Å²) in [4.78, 5) is 10.8. The molecule has 0 bridgehead atoms. The topological polar surface area (TPSA) is 64.3 Å². The van der Waals surface area contributed by atoms with Crippen molar-refractivity contribution in [2.24, 2.45) is 11.7 Å². The molecule has 0 saturated heterocycles. The van der Waals surface area contributed by atoms with Gasteiger partial charge in [-0.05, 0) is 33.2 Å². The predicted octanol–water partition coefficient (Wildman–Crippen LogP) is 1.68. The zero-order chi connectivity index (χ0) is 13.5. The standard InChI is InChI=1S/C13H24N4O/c1-5-17(9-11(4)6-14)12-7-15-8-13(16-12)18-10(2)3/h7-8,10-11H,5-6,9,14H2,1-4H3. The Hall–Kier alpha value is -1.36. The lowest BCUT2D eigenvalue weighted by Gasteiger charge is -2.25. The highest BCUT2D eigenvalue weighted by Gasteiger charge is 2.11. The molecule has 0 aromatic carbocycles. The zero-order valence-corrected chi connectivity index (χ0v) is 11.8. The van der Waals surface area contributed by atoms with Crippen molar-refractivity contribution in [3.8, 4) is 5.88 Å². The van der Waals surface area contributed by atoms with E-state index in [2.05, 4.69) is 28.7 Å². The van der Waals surface area contributed by atoms with Crippen molar-refractivity contribution in [2.75, 3.05) is 24.5 Å². The van der Waals surface area contributed by atoms with Crippen LogP contribution in [0.25, 0.3) is 0 Å². The molecule has 1 unspecified atom stereocenters. The van der Waals surface area contributed by atoms with Crippen LogP contribution in [-0.4, -0.2) is 35.7 Å². The van der Waals surface area contributed by atoms with Gasteiger partial charge in [0.2, 0.25) is 5.88 Å². The number of ether oxygens (including phenoxy) is 1. The molecule has 18 heavy (non-hydrogen) atoms. The van der Waals surface area contributed by atoms with Gasteiger partial charge in [-0.15, -0.1) is 0 Å². The lowest BCUT2D eigenvalue weighted by atomic mass is 10.2. The second kappa shape index (κ2) is 7.16. The van der Waals surface area contributed by atoms with Gasteiger partial charge >= 0.3 is 0 Å². The molecule has 0 aliphatic carbocycles. The highest BCUT2D eigenvalue weighted by atomic mass is 16.5. The fraction of sp³-hybridized carbons (Fsp3) is 0.692. The van der Waals surface area contributed by atoms with Gasteiger partial charge in [0.05, 0.1) is 18.5 Å². The summed E-state index contributed by atoms with van der Waals surface area (Å²) in [6.07, 6.45) is 3.51. The molecule has 0 spiro atoms. The Labute approximate surface area is 109 Å². The third-order valence-corrected chi connectivity index (χ3v) is 2.60. The average Bonchev–Trinajstić information content (AvgIpc) is 2.35. The Morgan fingerprint density at radius 1 is 1.33 bits per heavy atom. The van der Waals surface area contributed by atoms with Gasteiger partial charge in [0.1, 0.15) is 0 Å². The van der Waals surface area contributed by atoms with E-state index >= 15 is 0 Å². The van der Waals surface area contributed by atoms with Gasteiger partial charge < -0.3 is 15.4 Å². The molecule has 5 heteroatoms. The Morgan fingerprint density at radius 2 is 2.06 bits per heavy atom. The molecule has 1 atom stereocenters. The molecule has 2 N–H and O–H groups in total. The van der Waals surface area contributed by atoms with Crippen molar-refractivity contribution < 1.29 is 4.74 Å². The maximum Gasteiger partial charge on any atom is 0.234 e. The lowest BCUT2D eigenvalue weighted by molar-refractivity contribution is 0.231. The van der Waals surface area contributed by atoms with Crippen LogP contribution >= 0.6 is 0 Å². The van der Waals surface area contributed by atoms with Crippen LogP contribution in [0, 0.1) is 5.92 Å². The lowest BCUT2D eigenvalue weighted by Crippen LogP contribution is -2.32. The highest BCUT2D eigenvalue weighted by Crippen LogP contribution is 2.16. The van der Waals surface area contributed by atoms with E-state index in [9.17, 15) is 0 Å². The maximum absolute atomic E-state index is 5.66. The van der Waals surface area contributed by atoms with Gasteiger partial charge in [-0.3, -0.25) is 4.98 Å². The number of hydrogen-bond acceptors (Lipinski definition) is 5. The van der Waals surface area contributed by atoms with E-state index in [-0.39, 0.29) is 6.10 Å². The van der Waals surface area contributed by atoms with E-state index in [0.29, 0.717) is 18.3 Å². The van der Waals surface area contributed by atoms with Gasteiger partial charge in [0.15, 0.2) is 5.82 Å². The van der Waals surface area contributed by atoms with E-state index in [1.807, 2.05) is 13.8 Å². The normalized spacial score (nSPS) is 12.6. The zero-order valence-electron chi connectivity index (χ0n) is 11.8. The fourth-order valence-corrected chi connectivity index (χ4v) is 1.62. The smallest absolute Gasteiger partial charge is 0.234 e. The van der Waals surface area contributed by atoms with Crippen LogP contribution in [-0.2, 0) is 0 Å². The monoisotopic (exact) mass is 252 g/mol. The van der Waals surface area contributed by atoms with Crippen LogP contribution in [0.15, 0.2) is 12.4 Å². The molecule has 0 amide bonds. The summed E-state index contributed by atoms with van der Waals surface area (Å²) in [6, 6.07) is 0. The maximum atomic E-state index is 5.66. The van der Waals surface area contributed by atoms with Crippen molar-refractivity contribution in [1.29, 1.82) is 0 Å². The van der Waals surface area contributed by atoms with Crippen molar-refractivity contribution in [3.63, 3.8) is 0 Å². The summed E-state index contributed by atoms with van der Waals surface area (Å²) in [6.45, 7) is 10.6. The first-order valence-electron chi connectivity index (χ1n) is 6.50. The van der Waals surface area contributed by atoms with Crippen molar-refractivity contribution in [1.82, 2.24) is 9.97 Å². The molecule has 1 heterocycles. The number of rotatable bonds is 7. The van der Waals surface area contributed by atoms with Crippen molar-refractivity contribution >= 4 is 5.82 Å². The first kappa shape index (κ1) is 14.7. The van der Waals surface area contributed by atoms with Gasteiger partial charge in [-0.25, -0.2) is 0 Å². The number of aromatic nitrogens is 2. The first-order chi connectivity index (χ1) is 8.56. The van der Waals surface area contributed by atoms with Crippen LogP contribution in [0.1, 0.15) is 27.7 Å². The fourth-order valence-electron chi connectivity index (χ4n) is 1.62. The molecule has 0 aliphatic heterocycles. The summed E-state index contributed by atoms with van der Waals surface area (Å²) < 4.78 is 5.56. The average molecular weight is 252 g/mol. The van der Waals surface area contributed by atoms with Gasteiger partial charge in [-0.1, -0.05) is 6.92 Å². The second-order valence-corrected chi connectivity index (χ2v) is 4.76. The minimum atomic E-state index is 0.104. The Kier molecular flexibility index (Phi) is 5.85. The second-order valence-electron chi connectivity index (χ2n) is 4.76. The van der Waals surface area contributed by atoms with Crippen LogP contribution in [0.3, 0.4) is 0 Å². The summed E-state index contributed by atoms with van der Waals surface area (Å²) in [5.41, 5.74) is 5.66. The highest BCUT2D eigenvalue weighted by molar-refractivity contribution is 5.37. The van der Waals surface area contributed by atoms with E-state index in [0.717, 1.165) is 18.9 Å². The third kappa shape index (κ3) is 4.49. The minimum absolute atomic E-state index is 0.104. The predicted molar refractivity (Wildman–Crippen MR) is 73.9 cm³/mol. The Balaban J connectivity index is 2.79. The summed E-state index contributed by atoms with van der Waals surface area (Å²) in [7, 11) is 0. The molecule has 0 fully saturated rings. The van der Waals surface area contributed by atoms with Crippen molar-refractivity contribution in [3.05, 3.63) is 12.4 Å². The SMILES string of the molecule is CCN(CC(C)CN)c1cncc(OC(C)C)n1. The minimum Gasteiger partial charge on any atom is -0.474 e. The van der Waals surface area contributed by atoms with E-state index < -0.39 is 0 Å². The summed E-state index contributed by atoms with van der Waals surface area (Å²) in [5, 5.41) is 0. The van der Waals surface area contributed by atoms with Crippen LogP contribution in [0.2, 0.25) is 0 Å². The molecule has 5 nitrogen and oxygen atoms in total. The molecular formula is C13H24N4O. The van der Waals surface area contributed by atoms with E-state index in [1.165, 1.54) is 0 Å². The molecular weight excluding hydrogens is 228 g/mol. The van der Waals surface area contributed by atoms with Crippen molar-refractivity contribution in [2.45, 2.75) is 33.8 Å². The number of nitrogens with two attached hydrogens (primary N) is 1. The molecule has 1 rings (SSSR count). The molecule has 102 valence electrons. The number of hydrogen-bond donors (Lipinski definition) is 1. The molecule has 0 aliphatic rings. The Bertz CT molecular complexity index is 357. The third-order valence-electron chi connectivity index (χ3n) is 2.60. The first-order valence-corrected chi connectivity index (χ1v) is 6.50. The van der Waals surface area contributed by atoms with E-state index in [4.69, 9.17) is 10.5 Å². The van der Waals surface area contributed by atoms with Gasteiger partial charge in [-0.2, -0.15) is 4.98 Å². The molecule has 1 aromatic rings. The molecule has 0 saturated carbocycles. The van der Waals surface area contributed by atoms with Gasteiger partial charge in [0.25, 0.3) is 0 Å².